The third-order valence-corrected chi connectivity index (χ3v) is 4.22. The molecule has 1 aliphatic rings. The van der Waals surface area contributed by atoms with E-state index >= 15 is 0 Å². The van der Waals surface area contributed by atoms with E-state index in [1.807, 2.05) is 0 Å². The first-order chi connectivity index (χ1) is 8.09. The van der Waals surface area contributed by atoms with E-state index in [2.05, 4.69) is 15.9 Å². The van der Waals surface area contributed by atoms with Crippen molar-refractivity contribution >= 4 is 15.9 Å². The van der Waals surface area contributed by atoms with Crippen LogP contribution in [0.1, 0.15) is 37.3 Å². The number of rotatable bonds is 3. The van der Waals surface area contributed by atoms with Crippen LogP contribution in [0.2, 0.25) is 0 Å². The summed E-state index contributed by atoms with van der Waals surface area (Å²) < 4.78 is 13.8. The van der Waals surface area contributed by atoms with Crippen LogP contribution in [-0.4, -0.2) is 11.2 Å². The van der Waals surface area contributed by atoms with E-state index in [0.29, 0.717) is 10.0 Å². The van der Waals surface area contributed by atoms with Crippen molar-refractivity contribution < 1.29 is 9.50 Å². The molecule has 0 heterocycles. The SMILES string of the molecule is N[C@@H](c1ccc(Br)c(F)c1)[C@H](O)C1CCCC1. The monoisotopic (exact) mass is 301 g/mol. The molecule has 0 unspecified atom stereocenters. The molecule has 0 saturated heterocycles. The van der Waals surface area contributed by atoms with Crippen molar-refractivity contribution in [3.8, 4) is 0 Å². The molecular weight excluding hydrogens is 285 g/mol. The van der Waals surface area contributed by atoms with Gasteiger partial charge in [-0.05, 0) is 52.4 Å². The van der Waals surface area contributed by atoms with Gasteiger partial charge in [-0.25, -0.2) is 4.39 Å². The van der Waals surface area contributed by atoms with Crippen LogP contribution in [-0.2, 0) is 0 Å². The van der Waals surface area contributed by atoms with Crippen LogP contribution >= 0.6 is 15.9 Å². The second kappa shape index (κ2) is 5.46. The third-order valence-electron chi connectivity index (χ3n) is 3.58. The molecule has 4 heteroatoms. The van der Waals surface area contributed by atoms with Crippen LogP contribution in [0, 0.1) is 11.7 Å². The molecule has 0 bridgehead atoms. The Morgan fingerprint density at radius 3 is 2.59 bits per heavy atom. The first kappa shape index (κ1) is 13.0. The second-order valence-electron chi connectivity index (χ2n) is 4.73. The highest BCUT2D eigenvalue weighted by Gasteiger charge is 2.28. The van der Waals surface area contributed by atoms with Crippen molar-refractivity contribution in [3.05, 3.63) is 34.1 Å². The zero-order chi connectivity index (χ0) is 12.4. The molecule has 2 nitrogen and oxygen atoms in total. The quantitative estimate of drug-likeness (QED) is 0.901. The Balaban J connectivity index is 2.12. The van der Waals surface area contributed by atoms with Gasteiger partial charge in [0.25, 0.3) is 0 Å². The number of hydrogen-bond acceptors (Lipinski definition) is 2. The summed E-state index contributed by atoms with van der Waals surface area (Å²) in [4.78, 5) is 0. The minimum absolute atomic E-state index is 0.261. The summed E-state index contributed by atoms with van der Waals surface area (Å²) in [5.74, 6) is -0.0757. The highest BCUT2D eigenvalue weighted by molar-refractivity contribution is 9.10. The molecule has 2 atom stereocenters. The van der Waals surface area contributed by atoms with E-state index in [4.69, 9.17) is 5.73 Å². The molecule has 2 rings (SSSR count). The second-order valence-corrected chi connectivity index (χ2v) is 5.59. The van der Waals surface area contributed by atoms with Gasteiger partial charge < -0.3 is 10.8 Å². The van der Waals surface area contributed by atoms with Gasteiger partial charge in [-0.1, -0.05) is 18.9 Å². The molecular formula is C13H17BrFNO. The first-order valence-electron chi connectivity index (χ1n) is 5.98. The molecule has 1 aliphatic carbocycles. The summed E-state index contributed by atoms with van der Waals surface area (Å²) in [6, 6.07) is 4.29. The molecule has 0 spiro atoms. The van der Waals surface area contributed by atoms with Crippen LogP contribution in [0.5, 0.6) is 0 Å². The van der Waals surface area contributed by atoms with Gasteiger partial charge >= 0.3 is 0 Å². The molecule has 0 aliphatic heterocycles. The average molecular weight is 302 g/mol. The fourth-order valence-electron chi connectivity index (χ4n) is 2.51. The third kappa shape index (κ3) is 2.87. The van der Waals surface area contributed by atoms with Gasteiger partial charge in [0.15, 0.2) is 0 Å². The fourth-order valence-corrected chi connectivity index (χ4v) is 2.76. The Kier molecular flexibility index (Phi) is 4.17. The van der Waals surface area contributed by atoms with Gasteiger partial charge in [-0.3, -0.25) is 0 Å². The van der Waals surface area contributed by atoms with Crippen molar-refractivity contribution in [2.75, 3.05) is 0 Å². The number of hydrogen-bond donors (Lipinski definition) is 2. The molecule has 1 saturated carbocycles. The van der Waals surface area contributed by atoms with Crippen LogP contribution in [0.25, 0.3) is 0 Å². The van der Waals surface area contributed by atoms with E-state index in [1.165, 1.54) is 6.07 Å². The molecule has 1 fully saturated rings. The zero-order valence-corrected chi connectivity index (χ0v) is 11.2. The Labute approximate surface area is 109 Å². The summed E-state index contributed by atoms with van der Waals surface area (Å²) in [5, 5.41) is 10.2. The summed E-state index contributed by atoms with van der Waals surface area (Å²) in [6.45, 7) is 0. The summed E-state index contributed by atoms with van der Waals surface area (Å²) >= 11 is 3.10. The lowest BCUT2D eigenvalue weighted by atomic mass is 9.91. The average Bonchev–Trinajstić information content (AvgIpc) is 2.84. The predicted molar refractivity (Wildman–Crippen MR) is 69.0 cm³/mol. The lowest BCUT2D eigenvalue weighted by molar-refractivity contribution is 0.0844. The van der Waals surface area contributed by atoms with Gasteiger partial charge in [0.2, 0.25) is 0 Å². The molecule has 17 heavy (non-hydrogen) atoms. The van der Waals surface area contributed by atoms with Crippen LogP contribution < -0.4 is 5.73 Å². The lowest BCUT2D eigenvalue weighted by Crippen LogP contribution is -2.32. The fraction of sp³-hybridized carbons (Fsp3) is 0.538. The number of benzene rings is 1. The lowest BCUT2D eigenvalue weighted by Gasteiger charge is -2.24. The van der Waals surface area contributed by atoms with E-state index in [-0.39, 0.29) is 11.7 Å². The zero-order valence-electron chi connectivity index (χ0n) is 9.57. The smallest absolute Gasteiger partial charge is 0.137 e. The number of halogens is 2. The number of nitrogens with two attached hydrogens (primary N) is 1. The normalized spacial score (nSPS) is 20.5. The van der Waals surface area contributed by atoms with Crippen molar-refractivity contribution in [2.24, 2.45) is 11.7 Å². The van der Waals surface area contributed by atoms with Crippen LogP contribution in [0.15, 0.2) is 22.7 Å². The standard InChI is InChI=1S/C13H17BrFNO/c14-10-6-5-9(7-11(10)15)12(16)13(17)8-3-1-2-4-8/h5-8,12-13,17H,1-4,16H2/t12-,13+/m0/s1. The Morgan fingerprint density at radius 2 is 2.00 bits per heavy atom. The van der Waals surface area contributed by atoms with Crippen molar-refractivity contribution in [1.29, 1.82) is 0 Å². The van der Waals surface area contributed by atoms with E-state index in [0.717, 1.165) is 25.7 Å². The minimum atomic E-state index is -0.571. The Hall–Kier alpha value is -0.450. The molecule has 0 radical (unpaired) electrons. The van der Waals surface area contributed by atoms with Gasteiger partial charge in [0, 0.05) is 0 Å². The number of aliphatic hydroxyl groups is 1. The number of aliphatic hydroxyl groups excluding tert-OH is 1. The summed E-state index contributed by atoms with van der Waals surface area (Å²) in [5.41, 5.74) is 6.66. The van der Waals surface area contributed by atoms with E-state index in [9.17, 15) is 9.50 Å². The van der Waals surface area contributed by atoms with Gasteiger partial charge in [0.1, 0.15) is 5.82 Å². The van der Waals surface area contributed by atoms with E-state index in [1.54, 1.807) is 12.1 Å². The molecule has 1 aromatic carbocycles. The van der Waals surface area contributed by atoms with Gasteiger partial charge in [0.05, 0.1) is 16.6 Å². The molecule has 94 valence electrons. The van der Waals surface area contributed by atoms with Gasteiger partial charge in [-0.15, -0.1) is 0 Å². The molecule has 3 N–H and O–H groups in total. The highest BCUT2D eigenvalue weighted by atomic mass is 79.9. The Bertz CT molecular complexity index is 393. The van der Waals surface area contributed by atoms with Crippen molar-refractivity contribution in [2.45, 2.75) is 37.8 Å². The maximum atomic E-state index is 13.4. The van der Waals surface area contributed by atoms with Crippen molar-refractivity contribution in [3.63, 3.8) is 0 Å². The van der Waals surface area contributed by atoms with Gasteiger partial charge in [-0.2, -0.15) is 0 Å². The minimum Gasteiger partial charge on any atom is -0.391 e. The van der Waals surface area contributed by atoms with Crippen LogP contribution in [0.3, 0.4) is 0 Å². The molecule has 0 amide bonds. The van der Waals surface area contributed by atoms with Crippen molar-refractivity contribution in [1.82, 2.24) is 0 Å². The topological polar surface area (TPSA) is 46.2 Å². The Morgan fingerprint density at radius 1 is 1.35 bits per heavy atom. The first-order valence-corrected chi connectivity index (χ1v) is 6.77. The van der Waals surface area contributed by atoms with Crippen LogP contribution in [0.4, 0.5) is 4.39 Å². The maximum absolute atomic E-state index is 13.4. The summed E-state index contributed by atoms with van der Waals surface area (Å²) in [6.07, 6.45) is 3.78. The van der Waals surface area contributed by atoms with E-state index < -0.39 is 12.1 Å². The predicted octanol–water partition coefficient (Wildman–Crippen LogP) is 3.14. The molecule has 1 aromatic rings. The summed E-state index contributed by atoms with van der Waals surface area (Å²) in [7, 11) is 0. The molecule has 0 aromatic heterocycles. The highest BCUT2D eigenvalue weighted by Crippen LogP contribution is 2.33. The largest absolute Gasteiger partial charge is 0.391 e. The maximum Gasteiger partial charge on any atom is 0.137 e.